The minimum Gasteiger partial charge on any atom is -0.457 e. The van der Waals surface area contributed by atoms with Crippen LogP contribution in [0.4, 0.5) is 0 Å². The summed E-state index contributed by atoms with van der Waals surface area (Å²) in [6.07, 6.45) is 0.672. The summed E-state index contributed by atoms with van der Waals surface area (Å²) in [5.41, 5.74) is 1.63. The number of carbonyl (C=O) groups excluding carboxylic acids is 2. The molecule has 3 heteroatoms. The Morgan fingerprint density at radius 3 is 3.00 bits per heavy atom. The normalized spacial score (nSPS) is 13.8. The van der Waals surface area contributed by atoms with Gasteiger partial charge >= 0.3 is 5.97 Å². The number of aldehydes is 1. The molecule has 0 saturated carbocycles. The fraction of sp³-hybridized carbons (Fsp3) is 0.111. The number of fused-ring (bicyclic) bond motifs is 1. The van der Waals surface area contributed by atoms with Crippen molar-refractivity contribution in [1.29, 1.82) is 0 Å². The fourth-order valence-electron chi connectivity index (χ4n) is 1.30. The van der Waals surface area contributed by atoms with Crippen LogP contribution in [-0.4, -0.2) is 12.3 Å². The summed E-state index contributed by atoms with van der Waals surface area (Å²) >= 11 is 0. The summed E-state index contributed by atoms with van der Waals surface area (Å²) in [7, 11) is 0. The van der Waals surface area contributed by atoms with E-state index < -0.39 is 5.97 Å². The van der Waals surface area contributed by atoms with Crippen LogP contribution in [0.2, 0.25) is 0 Å². The molecule has 0 N–H and O–H groups in total. The minimum atomic E-state index is -0.396. The van der Waals surface area contributed by atoms with E-state index in [1.54, 1.807) is 18.2 Å². The van der Waals surface area contributed by atoms with Gasteiger partial charge in [0.2, 0.25) is 0 Å². The van der Waals surface area contributed by atoms with Gasteiger partial charge in [0, 0.05) is 11.1 Å². The molecule has 0 unspecified atom stereocenters. The van der Waals surface area contributed by atoms with Gasteiger partial charge in [0.1, 0.15) is 6.61 Å². The number of rotatable bonds is 1. The van der Waals surface area contributed by atoms with E-state index in [1.807, 2.05) is 0 Å². The number of hydrogen-bond acceptors (Lipinski definition) is 3. The summed E-state index contributed by atoms with van der Waals surface area (Å²) < 4.78 is 4.77. The van der Waals surface area contributed by atoms with Gasteiger partial charge in [0.15, 0.2) is 6.29 Å². The van der Waals surface area contributed by atoms with Gasteiger partial charge in [-0.2, -0.15) is 0 Å². The third-order valence-corrected chi connectivity index (χ3v) is 1.87. The smallest absolute Gasteiger partial charge is 0.339 e. The Kier molecular flexibility index (Phi) is 1.43. The molecule has 0 saturated heterocycles. The van der Waals surface area contributed by atoms with Gasteiger partial charge in [-0.3, -0.25) is 4.79 Å². The molecule has 0 spiro atoms. The summed E-state index contributed by atoms with van der Waals surface area (Å²) in [4.78, 5) is 21.6. The second-order valence-electron chi connectivity index (χ2n) is 2.58. The van der Waals surface area contributed by atoms with Gasteiger partial charge in [-0.15, -0.1) is 0 Å². The lowest BCUT2D eigenvalue weighted by Crippen LogP contribution is -1.98. The van der Waals surface area contributed by atoms with Gasteiger partial charge in [-0.25, -0.2) is 4.79 Å². The summed E-state index contributed by atoms with van der Waals surface area (Å²) in [5.74, 6) is -0.396. The number of hydrogen-bond donors (Lipinski definition) is 0. The van der Waals surface area contributed by atoms with Crippen molar-refractivity contribution in [2.45, 2.75) is 6.61 Å². The number of cyclic esters (lactones) is 1. The Morgan fingerprint density at radius 2 is 2.25 bits per heavy atom. The summed E-state index contributed by atoms with van der Waals surface area (Å²) in [6, 6.07) is 5.14. The third-order valence-electron chi connectivity index (χ3n) is 1.87. The molecule has 12 heavy (non-hydrogen) atoms. The van der Waals surface area contributed by atoms with Crippen molar-refractivity contribution in [3.63, 3.8) is 0 Å². The maximum Gasteiger partial charge on any atom is 0.339 e. The van der Waals surface area contributed by atoms with E-state index in [1.165, 1.54) is 0 Å². The Morgan fingerprint density at radius 1 is 1.42 bits per heavy atom. The molecule has 0 aliphatic carbocycles. The summed E-state index contributed by atoms with van der Waals surface area (Å²) in [6.45, 7) is 0.288. The molecule has 3 nitrogen and oxygen atoms in total. The van der Waals surface area contributed by atoms with Crippen molar-refractivity contribution in [3.05, 3.63) is 34.9 Å². The highest BCUT2D eigenvalue weighted by Gasteiger charge is 2.23. The average molecular weight is 162 g/mol. The molecule has 1 aromatic carbocycles. The Hall–Kier alpha value is -1.64. The second kappa shape index (κ2) is 2.44. The third kappa shape index (κ3) is 0.830. The van der Waals surface area contributed by atoms with Crippen molar-refractivity contribution in [2.75, 3.05) is 0 Å². The standard InChI is InChI=1S/C9H6O3/c10-4-6-2-1-3-7-5-12-9(11)8(6)7/h1-4H,5H2. The average Bonchev–Trinajstić information content (AvgIpc) is 2.48. The molecule has 0 fully saturated rings. The topological polar surface area (TPSA) is 43.4 Å². The van der Waals surface area contributed by atoms with E-state index in [0.717, 1.165) is 5.56 Å². The van der Waals surface area contributed by atoms with Gasteiger partial charge in [0.05, 0.1) is 5.56 Å². The van der Waals surface area contributed by atoms with Crippen LogP contribution in [0.3, 0.4) is 0 Å². The van der Waals surface area contributed by atoms with E-state index in [0.29, 0.717) is 17.4 Å². The monoisotopic (exact) mass is 162 g/mol. The van der Waals surface area contributed by atoms with Crippen LogP contribution in [0, 0.1) is 0 Å². The number of carbonyl (C=O) groups is 2. The maximum absolute atomic E-state index is 11.1. The first kappa shape index (κ1) is 7.03. The second-order valence-corrected chi connectivity index (χ2v) is 2.58. The van der Waals surface area contributed by atoms with Gasteiger partial charge in [-0.1, -0.05) is 18.2 Å². The van der Waals surface area contributed by atoms with Gasteiger partial charge in [0.25, 0.3) is 0 Å². The molecule has 2 rings (SSSR count). The molecule has 0 atom stereocenters. The van der Waals surface area contributed by atoms with E-state index in [-0.39, 0.29) is 6.61 Å². The van der Waals surface area contributed by atoms with Crippen molar-refractivity contribution < 1.29 is 14.3 Å². The van der Waals surface area contributed by atoms with E-state index >= 15 is 0 Å². The molecule has 1 aromatic rings. The highest BCUT2D eigenvalue weighted by molar-refractivity contribution is 6.01. The van der Waals surface area contributed by atoms with Crippen LogP contribution < -0.4 is 0 Å². The van der Waals surface area contributed by atoms with Crippen molar-refractivity contribution in [1.82, 2.24) is 0 Å². The largest absolute Gasteiger partial charge is 0.457 e. The van der Waals surface area contributed by atoms with Crippen LogP contribution in [0.1, 0.15) is 26.3 Å². The Labute approximate surface area is 69.0 Å². The quantitative estimate of drug-likeness (QED) is 0.460. The number of benzene rings is 1. The lowest BCUT2D eigenvalue weighted by atomic mass is 10.0. The van der Waals surface area contributed by atoms with Crippen molar-refractivity contribution >= 4 is 12.3 Å². The SMILES string of the molecule is O=Cc1cccc2c1C(=O)OC2. The lowest BCUT2D eigenvalue weighted by molar-refractivity contribution is 0.0533. The predicted octanol–water partition coefficient (Wildman–Crippen LogP) is 1.17. The molecule has 0 bridgehead atoms. The van der Waals surface area contributed by atoms with Crippen LogP contribution in [0.15, 0.2) is 18.2 Å². The molecular weight excluding hydrogens is 156 g/mol. The highest BCUT2D eigenvalue weighted by Crippen LogP contribution is 2.21. The van der Waals surface area contributed by atoms with E-state index in [2.05, 4.69) is 0 Å². The van der Waals surface area contributed by atoms with Crippen LogP contribution >= 0.6 is 0 Å². The van der Waals surface area contributed by atoms with E-state index in [4.69, 9.17) is 4.74 Å². The Balaban J connectivity index is 2.68. The van der Waals surface area contributed by atoms with Gasteiger partial charge < -0.3 is 4.74 Å². The molecule has 1 aliphatic rings. The molecule has 0 amide bonds. The maximum atomic E-state index is 11.1. The lowest BCUT2D eigenvalue weighted by Gasteiger charge is -1.95. The molecule has 0 aromatic heterocycles. The minimum absolute atomic E-state index is 0.288. The first-order valence-corrected chi connectivity index (χ1v) is 3.57. The first-order valence-electron chi connectivity index (χ1n) is 3.57. The predicted molar refractivity (Wildman–Crippen MR) is 40.9 cm³/mol. The molecular formula is C9H6O3. The Bertz CT molecular complexity index is 355. The van der Waals surface area contributed by atoms with Crippen molar-refractivity contribution in [2.24, 2.45) is 0 Å². The van der Waals surface area contributed by atoms with Crippen LogP contribution in [0.25, 0.3) is 0 Å². The van der Waals surface area contributed by atoms with E-state index in [9.17, 15) is 9.59 Å². The number of ether oxygens (including phenoxy) is 1. The molecule has 1 aliphatic heterocycles. The first-order chi connectivity index (χ1) is 5.83. The zero-order valence-corrected chi connectivity index (χ0v) is 6.24. The number of esters is 1. The van der Waals surface area contributed by atoms with Crippen LogP contribution in [-0.2, 0) is 11.3 Å². The zero-order valence-electron chi connectivity index (χ0n) is 6.24. The highest BCUT2D eigenvalue weighted by atomic mass is 16.5. The summed E-state index contributed by atoms with van der Waals surface area (Å²) in [5, 5.41) is 0. The molecule has 0 radical (unpaired) electrons. The molecule has 1 heterocycles. The van der Waals surface area contributed by atoms with Crippen LogP contribution in [0.5, 0.6) is 0 Å². The van der Waals surface area contributed by atoms with Gasteiger partial charge in [-0.05, 0) is 0 Å². The zero-order chi connectivity index (χ0) is 8.55. The molecule has 60 valence electrons. The van der Waals surface area contributed by atoms with Crippen molar-refractivity contribution in [3.8, 4) is 0 Å². The fourth-order valence-corrected chi connectivity index (χ4v) is 1.30.